The minimum atomic E-state index is 0.191. The molecule has 0 radical (unpaired) electrons. The van der Waals surface area contributed by atoms with Crippen LogP contribution in [0.2, 0.25) is 0 Å². The van der Waals surface area contributed by atoms with Crippen LogP contribution in [0.4, 0.5) is 5.69 Å². The van der Waals surface area contributed by atoms with E-state index in [4.69, 9.17) is 0 Å². The minimum absolute atomic E-state index is 0.191. The Morgan fingerprint density at radius 1 is 0.957 bits per heavy atom. The molecule has 1 aromatic rings. The number of nitrogens with one attached hydrogen (secondary N) is 1. The number of benzene rings is 1. The molecule has 1 N–H and O–H groups in total. The van der Waals surface area contributed by atoms with E-state index in [0.29, 0.717) is 11.8 Å². The molecule has 0 bridgehead atoms. The number of hydrogen-bond acceptors (Lipinski definition) is 1. The summed E-state index contributed by atoms with van der Waals surface area (Å²) in [5.74, 6) is 1.50. The molecular formula is C20H24BrNO. The second-order valence-electron chi connectivity index (χ2n) is 6.53. The Morgan fingerprint density at radius 3 is 2.17 bits per heavy atom. The fraction of sp³-hybridized carbons (Fsp3) is 0.450. The number of hydrogen-bond donors (Lipinski definition) is 1. The monoisotopic (exact) mass is 373 g/mol. The largest absolute Gasteiger partial charge is 0.326 e. The summed E-state index contributed by atoms with van der Waals surface area (Å²) >= 11 is 3.45. The fourth-order valence-electron chi connectivity index (χ4n) is 3.65. The number of anilines is 1. The maximum absolute atomic E-state index is 12.6. The molecule has 2 unspecified atom stereocenters. The predicted octanol–water partition coefficient (Wildman–Crippen LogP) is 5.72. The van der Waals surface area contributed by atoms with Crippen molar-refractivity contribution in [2.24, 2.45) is 17.8 Å². The van der Waals surface area contributed by atoms with E-state index < -0.39 is 0 Å². The summed E-state index contributed by atoms with van der Waals surface area (Å²) in [5, 5.41) is 3.09. The van der Waals surface area contributed by atoms with Crippen molar-refractivity contribution in [3.63, 3.8) is 0 Å². The molecule has 0 saturated heterocycles. The van der Waals surface area contributed by atoms with Gasteiger partial charge < -0.3 is 5.32 Å². The molecule has 2 aliphatic carbocycles. The Bertz CT molecular complexity index is 583. The highest BCUT2D eigenvalue weighted by Gasteiger charge is 2.52. The lowest BCUT2D eigenvalue weighted by Gasteiger charge is -2.05. The second-order valence-corrected chi connectivity index (χ2v) is 7.44. The molecule has 0 heterocycles. The Balaban J connectivity index is 1.61. The lowest BCUT2D eigenvalue weighted by atomic mass is 10.1. The highest BCUT2D eigenvalue weighted by molar-refractivity contribution is 9.10. The summed E-state index contributed by atoms with van der Waals surface area (Å²) in [4.78, 5) is 12.6. The molecule has 2 aliphatic rings. The highest BCUT2D eigenvalue weighted by Crippen LogP contribution is 2.52. The first-order valence-corrected chi connectivity index (χ1v) is 9.41. The molecule has 0 aromatic heterocycles. The first-order valence-electron chi connectivity index (χ1n) is 8.62. The number of rotatable bonds is 2. The van der Waals surface area contributed by atoms with Gasteiger partial charge in [-0.05, 0) is 68.6 Å². The van der Waals surface area contributed by atoms with Gasteiger partial charge in [-0.2, -0.15) is 0 Å². The van der Waals surface area contributed by atoms with E-state index in [1.807, 2.05) is 24.3 Å². The standard InChI is InChI=1S/C20H24BrNO/c21-15-10-9-11-16(14-15)22-20(23)19-17-12-7-5-3-1-2-4-6-8-13-18(17)19/h3-6,9-11,14,17-19H,1-2,7-8,12-13H2,(H,22,23). The summed E-state index contributed by atoms with van der Waals surface area (Å²) in [7, 11) is 0. The lowest BCUT2D eigenvalue weighted by molar-refractivity contribution is -0.117. The van der Waals surface area contributed by atoms with Crippen LogP contribution < -0.4 is 5.32 Å². The van der Waals surface area contributed by atoms with Gasteiger partial charge in [-0.25, -0.2) is 0 Å². The third-order valence-corrected chi connectivity index (χ3v) is 5.39. The molecule has 1 aromatic carbocycles. The third-order valence-electron chi connectivity index (χ3n) is 4.89. The van der Waals surface area contributed by atoms with Gasteiger partial charge in [0.1, 0.15) is 0 Å². The van der Waals surface area contributed by atoms with Crippen LogP contribution in [-0.2, 0) is 4.79 Å². The Hall–Kier alpha value is -1.35. The van der Waals surface area contributed by atoms with Gasteiger partial charge in [0.15, 0.2) is 0 Å². The maximum Gasteiger partial charge on any atom is 0.228 e. The van der Waals surface area contributed by atoms with Crippen molar-refractivity contribution >= 4 is 27.5 Å². The molecule has 2 nitrogen and oxygen atoms in total. The molecule has 0 spiro atoms. The smallest absolute Gasteiger partial charge is 0.228 e. The minimum Gasteiger partial charge on any atom is -0.326 e. The topological polar surface area (TPSA) is 29.1 Å². The molecule has 122 valence electrons. The van der Waals surface area contributed by atoms with E-state index in [-0.39, 0.29) is 11.8 Å². The van der Waals surface area contributed by atoms with Gasteiger partial charge >= 0.3 is 0 Å². The molecule has 1 fully saturated rings. The van der Waals surface area contributed by atoms with Crippen LogP contribution in [0.5, 0.6) is 0 Å². The Labute approximate surface area is 147 Å². The third kappa shape index (κ3) is 4.57. The summed E-state index contributed by atoms with van der Waals surface area (Å²) in [6.07, 6.45) is 15.9. The Morgan fingerprint density at radius 2 is 1.57 bits per heavy atom. The van der Waals surface area contributed by atoms with E-state index in [2.05, 4.69) is 45.6 Å². The maximum atomic E-state index is 12.6. The zero-order chi connectivity index (χ0) is 16.1. The zero-order valence-electron chi connectivity index (χ0n) is 13.4. The molecular weight excluding hydrogens is 350 g/mol. The van der Waals surface area contributed by atoms with Gasteiger partial charge in [-0.3, -0.25) is 4.79 Å². The first kappa shape index (κ1) is 16.5. The molecule has 0 aliphatic heterocycles. The van der Waals surface area contributed by atoms with Gasteiger partial charge in [0, 0.05) is 16.1 Å². The normalized spacial score (nSPS) is 27.4. The number of fused-ring (bicyclic) bond motifs is 1. The van der Waals surface area contributed by atoms with Crippen molar-refractivity contribution in [3.8, 4) is 0 Å². The van der Waals surface area contributed by atoms with Crippen molar-refractivity contribution in [3.05, 3.63) is 53.0 Å². The van der Waals surface area contributed by atoms with Gasteiger partial charge in [-0.1, -0.05) is 46.3 Å². The molecule has 2 atom stereocenters. The number of allylic oxidation sites excluding steroid dienone is 4. The number of carbonyl (C=O) groups is 1. The second kappa shape index (κ2) is 7.96. The van der Waals surface area contributed by atoms with Gasteiger partial charge in [0.2, 0.25) is 5.91 Å². The quantitative estimate of drug-likeness (QED) is 0.660. The molecule has 1 saturated carbocycles. The van der Waals surface area contributed by atoms with Crippen molar-refractivity contribution in [2.45, 2.75) is 38.5 Å². The summed E-state index contributed by atoms with van der Waals surface area (Å²) in [5.41, 5.74) is 0.881. The van der Waals surface area contributed by atoms with E-state index in [1.54, 1.807) is 0 Å². The van der Waals surface area contributed by atoms with E-state index >= 15 is 0 Å². The number of carbonyl (C=O) groups excluding carboxylic acids is 1. The summed E-state index contributed by atoms with van der Waals surface area (Å²) < 4.78 is 0.993. The summed E-state index contributed by atoms with van der Waals surface area (Å²) in [6.45, 7) is 0. The van der Waals surface area contributed by atoms with E-state index in [1.165, 1.54) is 0 Å². The first-order chi connectivity index (χ1) is 11.3. The molecule has 23 heavy (non-hydrogen) atoms. The average molecular weight is 374 g/mol. The van der Waals surface area contributed by atoms with Gasteiger partial charge in [0.05, 0.1) is 0 Å². The summed E-state index contributed by atoms with van der Waals surface area (Å²) in [6, 6.07) is 7.83. The Kier molecular flexibility index (Phi) is 5.71. The van der Waals surface area contributed by atoms with Crippen molar-refractivity contribution < 1.29 is 4.79 Å². The number of amides is 1. The molecule has 1 amide bonds. The molecule has 3 rings (SSSR count). The van der Waals surface area contributed by atoms with E-state index in [0.717, 1.165) is 48.7 Å². The van der Waals surface area contributed by atoms with Crippen LogP contribution in [-0.4, -0.2) is 5.91 Å². The van der Waals surface area contributed by atoms with Crippen LogP contribution in [0, 0.1) is 17.8 Å². The van der Waals surface area contributed by atoms with Crippen LogP contribution in [0.25, 0.3) is 0 Å². The van der Waals surface area contributed by atoms with Crippen LogP contribution >= 0.6 is 15.9 Å². The molecule has 3 heteroatoms. The van der Waals surface area contributed by atoms with Gasteiger partial charge in [0.25, 0.3) is 0 Å². The zero-order valence-corrected chi connectivity index (χ0v) is 15.0. The van der Waals surface area contributed by atoms with Crippen molar-refractivity contribution in [1.29, 1.82) is 0 Å². The van der Waals surface area contributed by atoms with Crippen molar-refractivity contribution in [2.75, 3.05) is 5.32 Å². The van der Waals surface area contributed by atoms with E-state index in [9.17, 15) is 4.79 Å². The van der Waals surface area contributed by atoms with Crippen LogP contribution in [0.15, 0.2) is 53.0 Å². The average Bonchev–Trinajstić information content (AvgIpc) is 3.20. The van der Waals surface area contributed by atoms with Crippen LogP contribution in [0.3, 0.4) is 0 Å². The number of halogens is 1. The SMILES string of the molecule is O=C(Nc1cccc(Br)c1)C1C2CCC=CCCC=CCCC21. The lowest BCUT2D eigenvalue weighted by Crippen LogP contribution is -2.15. The van der Waals surface area contributed by atoms with Crippen molar-refractivity contribution in [1.82, 2.24) is 0 Å². The fourth-order valence-corrected chi connectivity index (χ4v) is 4.05. The highest BCUT2D eigenvalue weighted by atomic mass is 79.9. The van der Waals surface area contributed by atoms with Gasteiger partial charge in [-0.15, -0.1) is 0 Å². The predicted molar refractivity (Wildman–Crippen MR) is 99.2 cm³/mol. The van der Waals surface area contributed by atoms with Crippen LogP contribution in [0.1, 0.15) is 38.5 Å².